The number of phenols is 1. The van der Waals surface area contributed by atoms with Gasteiger partial charge in [0.15, 0.2) is 11.6 Å². The standard InChI is InChI=1S/C13H8BrF2NO/c14-9-4-5-12(18)11(6-9)17-7-8-2-1-3-10(15)13(8)16/h1-7,18H/b17-7+. The number of phenolic OH excluding ortho intramolecular Hbond substituents is 1. The lowest BCUT2D eigenvalue weighted by Crippen LogP contribution is -1.91. The molecule has 2 aromatic carbocycles. The van der Waals surface area contributed by atoms with E-state index in [1.54, 1.807) is 12.1 Å². The monoisotopic (exact) mass is 311 g/mol. The largest absolute Gasteiger partial charge is 0.506 e. The highest BCUT2D eigenvalue weighted by Gasteiger charge is 2.05. The molecule has 0 saturated carbocycles. The average Bonchev–Trinajstić information content (AvgIpc) is 2.35. The number of aliphatic imine (C=N–C) groups is 1. The normalized spacial score (nSPS) is 11.1. The van der Waals surface area contributed by atoms with E-state index in [0.29, 0.717) is 0 Å². The molecule has 0 fully saturated rings. The molecule has 92 valence electrons. The topological polar surface area (TPSA) is 32.6 Å². The van der Waals surface area contributed by atoms with Gasteiger partial charge in [0, 0.05) is 16.3 Å². The summed E-state index contributed by atoms with van der Waals surface area (Å²) >= 11 is 3.23. The molecule has 18 heavy (non-hydrogen) atoms. The van der Waals surface area contributed by atoms with Crippen molar-refractivity contribution in [1.82, 2.24) is 0 Å². The molecular formula is C13H8BrF2NO. The fourth-order valence-corrected chi connectivity index (χ4v) is 1.71. The zero-order chi connectivity index (χ0) is 13.1. The fourth-order valence-electron chi connectivity index (χ4n) is 1.36. The lowest BCUT2D eigenvalue weighted by molar-refractivity contribution is 0.477. The van der Waals surface area contributed by atoms with E-state index >= 15 is 0 Å². The van der Waals surface area contributed by atoms with Gasteiger partial charge in [0.1, 0.15) is 11.4 Å². The van der Waals surface area contributed by atoms with Crippen molar-refractivity contribution in [3.05, 3.63) is 58.1 Å². The molecule has 0 atom stereocenters. The molecule has 0 unspecified atom stereocenters. The summed E-state index contributed by atoms with van der Waals surface area (Å²) in [4.78, 5) is 3.93. The first-order chi connectivity index (χ1) is 8.58. The predicted molar refractivity (Wildman–Crippen MR) is 69.4 cm³/mol. The Kier molecular flexibility index (Phi) is 3.72. The molecule has 0 radical (unpaired) electrons. The van der Waals surface area contributed by atoms with E-state index in [1.807, 2.05) is 0 Å². The van der Waals surface area contributed by atoms with E-state index in [-0.39, 0.29) is 17.0 Å². The maximum atomic E-state index is 13.3. The summed E-state index contributed by atoms with van der Waals surface area (Å²) in [5.74, 6) is -1.93. The van der Waals surface area contributed by atoms with E-state index in [2.05, 4.69) is 20.9 Å². The molecule has 0 aliphatic carbocycles. The third kappa shape index (κ3) is 2.73. The second-order valence-electron chi connectivity index (χ2n) is 3.53. The first kappa shape index (κ1) is 12.7. The van der Waals surface area contributed by atoms with Gasteiger partial charge in [-0.15, -0.1) is 0 Å². The molecule has 1 N–H and O–H groups in total. The van der Waals surface area contributed by atoms with Crippen LogP contribution in [-0.4, -0.2) is 11.3 Å². The van der Waals surface area contributed by atoms with Crippen LogP contribution in [-0.2, 0) is 0 Å². The summed E-state index contributed by atoms with van der Waals surface area (Å²) in [5.41, 5.74) is 0.294. The summed E-state index contributed by atoms with van der Waals surface area (Å²) in [5, 5.41) is 9.53. The van der Waals surface area contributed by atoms with Gasteiger partial charge in [-0.25, -0.2) is 8.78 Å². The van der Waals surface area contributed by atoms with Crippen LogP contribution in [0.15, 0.2) is 45.9 Å². The van der Waals surface area contributed by atoms with Gasteiger partial charge in [0.2, 0.25) is 0 Å². The van der Waals surface area contributed by atoms with Gasteiger partial charge in [-0.1, -0.05) is 28.1 Å². The zero-order valence-electron chi connectivity index (χ0n) is 9.07. The number of rotatable bonds is 2. The van der Waals surface area contributed by atoms with Crippen molar-refractivity contribution in [2.75, 3.05) is 0 Å². The van der Waals surface area contributed by atoms with Gasteiger partial charge >= 0.3 is 0 Å². The molecule has 2 rings (SSSR count). The Hall–Kier alpha value is -1.75. The number of hydrogen-bond acceptors (Lipinski definition) is 2. The third-order valence-corrected chi connectivity index (χ3v) is 2.75. The second-order valence-corrected chi connectivity index (χ2v) is 4.45. The molecular weight excluding hydrogens is 304 g/mol. The highest BCUT2D eigenvalue weighted by Crippen LogP contribution is 2.29. The molecule has 0 amide bonds. The van der Waals surface area contributed by atoms with Gasteiger partial charge in [-0.2, -0.15) is 0 Å². The number of hydrogen-bond donors (Lipinski definition) is 1. The van der Waals surface area contributed by atoms with Gasteiger partial charge in [0.25, 0.3) is 0 Å². The number of nitrogens with zero attached hydrogens (tertiary/aromatic N) is 1. The molecule has 2 aromatic rings. The highest BCUT2D eigenvalue weighted by molar-refractivity contribution is 9.10. The summed E-state index contributed by atoms with van der Waals surface area (Å²) in [6, 6.07) is 8.50. The Labute approximate surface area is 111 Å². The third-order valence-electron chi connectivity index (χ3n) is 2.26. The van der Waals surface area contributed by atoms with E-state index in [0.717, 1.165) is 10.5 Å². The highest BCUT2D eigenvalue weighted by atomic mass is 79.9. The van der Waals surface area contributed by atoms with Crippen molar-refractivity contribution in [2.45, 2.75) is 0 Å². The van der Waals surface area contributed by atoms with Crippen molar-refractivity contribution < 1.29 is 13.9 Å². The first-order valence-corrected chi connectivity index (χ1v) is 5.84. The Bertz CT molecular complexity index is 610. The minimum atomic E-state index is -0.962. The van der Waals surface area contributed by atoms with Crippen molar-refractivity contribution in [1.29, 1.82) is 0 Å². The number of benzene rings is 2. The predicted octanol–water partition coefficient (Wildman–Crippen LogP) is 4.18. The summed E-state index contributed by atoms with van der Waals surface area (Å²) in [7, 11) is 0. The molecule has 5 heteroatoms. The van der Waals surface area contributed by atoms with Crippen LogP contribution in [0.3, 0.4) is 0 Å². The minimum Gasteiger partial charge on any atom is -0.506 e. The van der Waals surface area contributed by atoms with Gasteiger partial charge in [0.05, 0.1) is 0 Å². The Morgan fingerprint density at radius 3 is 2.72 bits per heavy atom. The van der Waals surface area contributed by atoms with Crippen LogP contribution in [0.5, 0.6) is 5.75 Å². The quantitative estimate of drug-likeness (QED) is 0.829. The van der Waals surface area contributed by atoms with E-state index in [9.17, 15) is 13.9 Å². The molecule has 0 saturated heterocycles. The summed E-state index contributed by atoms with van der Waals surface area (Å²) < 4.78 is 27.0. The minimum absolute atomic E-state index is 0.0226. The number of aromatic hydroxyl groups is 1. The maximum Gasteiger partial charge on any atom is 0.167 e. The van der Waals surface area contributed by atoms with Crippen LogP contribution in [0.4, 0.5) is 14.5 Å². The molecule has 0 aromatic heterocycles. The van der Waals surface area contributed by atoms with Crippen molar-refractivity contribution >= 4 is 27.8 Å². The zero-order valence-corrected chi connectivity index (χ0v) is 10.7. The van der Waals surface area contributed by atoms with Crippen LogP contribution >= 0.6 is 15.9 Å². The SMILES string of the molecule is Oc1ccc(Br)cc1/N=C/c1cccc(F)c1F. The van der Waals surface area contributed by atoms with E-state index in [4.69, 9.17) is 0 Å². The van der Waals surface area contributed by atoms with E-state index < -0.39 is 11.6 Å². The average molecular weight is 312 g/mol. The Morgan fingerprint density at radius 2 is 1.94 bits per heavy atom. The van der Waals surface area contributed by atoms with Gasteiger partial charge < -0.3 is 5.11 Å². The lowest BCUT2D eigenvalue weighted by atomic mass is 10.2. The van der Waals surface area contributed by atoms with Gasteiger partial charge in [-0.3, -0.25) is 4.99 Å². The van der Waals surface area contributed by atoms with Crippen LogP contribution in [0, 0.1) is 11.6 Å². The lowest BCUT2D eigenvalue weighted by Gasteiger charge is -2.00. The first-order valence-electron chi connectivity index (χ1n) is 5.04. The number of halogens is 3. The smallest absolute Gasteiger partial charge is 0.167 e. The molecule has 0 spiro atoms. The Morgan fingerprint density at radius 1 is 1.17 bits per heavy atom. The fraction of sp³-hybridized carbons (Fsp3) is 0. The van der Waals surface area contributed by atoms with Crippen LogP contribution in [0.1, 0.15) is 5.56 Å². The van der Waals surface area contributed by atoms with Crippen molar-refractivity contribution in [2.24, 2.45) is 4.99 Å². The van der Waals surface area contributed by atoms with Gasteiger partial charge in [-0.05, 0) is 24.3 Å². The maximum absolute atomic E-state index is 13.3. The molecule has 0 bridgehead atoms. The van der Waals surface area contributed by atoms with Crippen molar-refractivity contribution in [3.8, 4) is 5.75 Å². The summed E-state index contributed by atoms with van der Waals surface area (Å²) in [6.07, 6.45) is 1.17. The van der Waals surface area contributed by atoms with Crippen LogP contribution in [0.2, 0.25) is 0 Å². The second kappa shape index (κ2) is 5.27. The molecule has 0 aliphatic rings. The van der Waals surface area contributed by atoms with E-state index in [1.165, 1.54) is 24.4 Å². The van der Waals surface area contributed by atoms with Crippen molar-refractivity contribution in [3.63, 3.8) is 0 Å². The Balaban J connectivity index is 2.36. The molecule has 0 heterocycles. The molecule has 2 nitrogen and oxygen atoms in total. The van der Waals surface area contributed by atoms with Crippen LogP contribution < -0.4 is 0 Å². The summed E-state index contributed by atoms with van der Waals surface area (Å²) in [6.45, 7) is 0. The van der Waals surface area contributed by atoms with Crippen LogP contribution in [0.25, 0.3) is 0 Å². The molecule has 0 aliphatic heterocycles.